The number of hydrogen-bond donors (Lipinski definition) is 2. The standard InChI is InChI=1S/C18H24N4O3S/c1-22(2)17-16(7-5-12-19-17)18(23)20-13-4-6-14-8-10-15(11-9-14)21-26(3,24)25/h5,7-12,21H,4,6,13H2,1-3H3,(H,20,23). The number of nitrogens with one attached hydrogen (secondary N) is 2. The highest BCUT2D eigenvalue weighted by atomic mass is 32.2. The maximum absolute atomic E-state index is 12.3. The van der Waals surface area contributed by atoms with Crippen molar-refractivity contribution in [2.75, 3.05) is 36.5 Å². The normalized spacial score (nSPS) is 11.0. The monoisotopic (exact) mass is 376 g/mol. The summed E-state index contributed by atoms with van der Waals surface area (Å²) in [6, 6.07) is 10.7. The van der Waals surface area contributed by atoms with E-state index in [-0.39, 0.29) is 5.91 Å². The summed E-state index contributed by atoms with van der Waals surface area (Å²) in [7, 11) is 0.435. The van der Waals surface area contributed by atoms with E-state index in [2.05, 4.69) is 15.0 Å². The van der Waals surface area contributed by atoms with Crippen LogP contribution < -0.4 is 14.9 Å². The molecule has 0 aliphatic carbocycles. The Balaban J connectivity index is 1.83. The summed E-state index contributed by atoms with van der Waals surface area (Å²) >= 11 is 0. The van der Waals surface area contributed by atoms with Gasteiger partial charge in [0.1, 0.15) is 5.82 Å². The molecule has 0 spiro atoms. The van der Waals surface area contributed by atoms with E-state index in [9.17, 15) is 13.2 Å². The molecule has 0 aliphatic heterocycles. The van der Waals surface area contributed by atoms with Gasteiger partial charge in [-0.05, 0) is 42.7 Å². The van der Waals surface area contributed by atoms with Gasteiger partial charge in [-0.15, -0.1) is 0 Å². The Kier molecular flexibility index (Phi) is 6.57. The summed E-state index contributed by atoms with van der Waals surface area (Å²) in [6.45, 7) is 0.546. The van der Waals surface area contributed by atoms with Gasteiger partial charge in [0, 0.05) is 32.5 Å². The molecule has 1 aromatic heterocycles. The average molecular weight is 376 g/mol. The molecule has 2 rings (SSSR count). The highest BCUT2D eigenvalue weighted by Gasteiger charge is 2.12. The van der Waals surface area contributed by atoms with E-state index in [1.165, 1.54) is 0 Å². The number of carbonyl (C=O) groups is 1. The van der Waals surface area contributed by atoms with Gasteiger partial charge >= 0.3 is 0 Å². The van der Waals surface area contributed by atoms with Crippen molar-refractivity contribution in [3.63, 3.8) is 0 Å². The Hall–Kier alpha value is -2.61. The van der Waals surface area contributed by atoms with E-state index in [0.29, 0.717) is 23.6 Å². The SMILES string of the molecule is CN(C)c1ncccc1C(=O)NCCCc1ccc(NS(C)(=O)=O)cc1. The molecule has 0 saturated carbocycles. The highest BCUT2D eigenvalue weighted by Crippen LogP contribution is 2.14. The predicted octanol–water partition coefficient (Wildman–Crippen LogP) is 1.88. The molecule has 2 aromatic rings. The lowest BCUT2D eigenvalue weighted by Gasteiger charge is -2.15. The molecular weight excluding hydrogens is 352 g/mol. The van der Waals surface area contributed by atoms with E-state index in [0.717, 1.165) is 24.7 Å². The smallest absolute Gasteiger partial charge is 0.255 e. The number of aryl methyl sites for hydroxylation is 1. The molecule has 2 N–H and O–H groups in total. The first kappa shape index (κ1) is 19.7. The lowest BCUT2D eigenvalue weighted by atomic mass is 10.1. The van der Waals surface area contributed by atoms with Gasteiger partial charge in [-0.25, -0.2) is 13.4 Å². The second kappa shape index (κ2) is 8.66. The van der Waals surface area contributed by atoms with E-state index >= 15 is 0 Å². The van der Waals surface area contributed by atoms with Crippen LogP contribution in [0.5, 0.6) is 0 Å². The van der Waals surface area contributed by atoms with Crippen molar-refractivity contribution >= 4 is 27.4 Å². The number of rotatable bonds is 8. The molecule has 0 radical (unpaired) electrons. The van der Waals surface area contributed by atoms with Crippen LogP contribution in [0.4, 0.5) is 11.5 Å². The second-order valence-corrected chi connectivity index (χ2v) is 7.95. The van der Waals surface area contributed by atoms with E-state index in [1.807, 2.05) is 26.2 Å². The summed E-state index contributed by atoms with van der Waals surface area (Å²) in [5, 5.41) is 2.91. The van der Waals surface area contributed by atoms with Crippen molar-refractivity contribution in [3.05, 3.63) is 53.7 Å². The highest BCUT2D eigenvalue weighted by molar-refractivity contribution is 7.92. The molecule has 0 bridgehead atoms. The maximum atomic E-state index is 12.3. The molecule has 26 heavy (non-hydrogen) atoms. The maximum Gasteiger partial charge on any atom is 0.255 e. The van der Waals surface area contributed by atoms with Crippen molar-refractivity contribution < 1.29 is 13.2 Å². The number of carbonyl (C=O) groups excluding carboxylic acids is 1. The molecule has 1 amide bonds. The molecule has 140 valence electrons. The van der Waals surface area contributed by atoms with Crippen molar-refractivity contribution in [1.82, 2.24) is 10.3 Å². The largest absolute Gasteiger partial charge is 0.362 e. The third-order valence-corrected chi connectivity index (χ3v) is 4.25. The first-order chi connectivity index (χ1) is 12.3. The minimum atomic E-state index is -3.26. The summed E-state index contributed by atoms with van der Waals surface area (Å²) < 4.78 is 24.8. The van der Waals surface area contributed by atoms with Gasteiger partial charge in [-0.1, -0.05) is 12.1 Å². The van der Waals surface area contributed by atoms with Crippen molar-refractivity contribution in [3.8, 4) is 0 Å². The number of benzene rings is 1. The van der Waals surface area contributed by atoms with Gasteiger partial charge in [-0.2, -0.15) is 0 Å². The van der Waals surface area contributed by atoms with Gasteiger partial charge in [0.25, 0.3) is 5.91 Å². The van der Waals surface area contributed by atoms with Crippen LogP contribution in [0.3, 0.4) is 0 Å². The molecular formula is C18H24N4O3S. The quantitative estimate of drug-likeness (QED) is 0.687. The third-order valence-electron chi connectivity index (χ3n) is 3.64. The fraction of sp³-hybridized carbons (Fsp3) is 0.333. The topological polar surface area (TPSA) is 91.4 Å². The van der Waals surface area contributed by atoms with Crippen LogP contribution in [-0.2, 0) is 16.4 Å². The van der Waals surface area contributed by atoms with E-state index in [4.69, 9.17) is 0 Å². The second-order valence-electron chi connectivity index (χ2n) is 6.20. The Morgan fingerprint density at radius 2 is 1.85 bits per heavy atom. The van der Waals surface area contributed by atoms with Crippen LogP contribution in [0.25, 0.3) is 0 Å². The Bertz CT molecular complexity index is 849. The first-order valence-corrected chi connectivity index (χ1v) is 10.1. The van der Waals surface area contributed by atoms with Gasteiger partial charge < -0.3 is 10.2 Å². The molecule has 0 aliphatic rings. The van der Waals surface area contributed by atoms with Crippen LogP contribution in [0.15, 0.2) is 42.6 Å². The molecule has 0 saturated heterocycles. The van der Waals surface area contributed by atoms with E-state index < -0.39 is 10.0 Å². The minimum absolute atomic E-state index is 0.144. The Morgan fingerprint density at radius 3 is 2.46 bits per heavy atom. The fourth-order valence-electron chi connectivity index (χ4n) is 2.47. The molecule has 1 aromatic carbocycles. The number of nitrogens with zero attached hydrogens (tertiary/aromatic N) is 2. The molecule has 0 fully saturated rings. The van der Waals surface area contributed by atoms with Crippen LogP contribution in [0.1, 0.15) is 22.3 Å². The molecule has 7 nitrogen and oxygen atoms in total. The molecule has 0 atom stereocenters. The van der Waals surface area contributed by atoms with Gasteiger partial charge in [-0.3, -0.25) is 9.52 Å². The zero-order valence-corrected chi connectivity index (χ0v) is 16.0. The first-order valence-electron chi connectivity index (χ1n) is 8.23. The lowest BCUT2D eigenvalue weighted by molar-refractivity contribution is 0.0953. The molecule has 1 heterocycles. The number of hydrogen-bond acceptors (Lipinski definition) is 5. The van der Waals surface area contributed by atoms with Crippen molar-refractivity contribution in [1.29, 1.82) is 0 Å². The molecule has 0 unspecified atom stereocenters. The van der Waals surface area contributed by atoms with E-state index in [1.54, 1.807) is 35.4 Å². The van der Waals surface area contributed by atoms with Crippen LogP contribution in [0.2, 0.25) is 0 Å². The number of pyridine rings is 1. The third kappa shape index (κ3) is 6.03. The predicted molar refractivity (Wildman–Crippen MR) is 104 cm³/mol. The lowest BCUT2D eigenvalue weighted by Crippen LogP contribution is -2.27. The van der Waals surface area contributed by atoms with Crippen molar-refractivity contribution in [2.24, 2.45) is 0 Å². The van der Waals surface area contributed by atoms with Gasteiger partial charge in [0.2, 0.25) is 10.0 Å². The summed E-state index contributed by atoms with van der Waals surface area (Å²) in [4.78, 5) is 18.3. The summed E-state index contributed by atoms with van der Waals surface area (Å²) in [6.07, 6.45) is 4.34. The molecule has 8 heteroatoms. The number of sulfonamides is 1. The van der Waals surface area contributed by atoms with Crippen LogP contribution in [-0.4, -0.2) is 46.2 Å². The van der Waals surface area contributed by atoms with Gasteiger partial charge in [0.05, 0.1) is 11.8 Å². The van der Waals surface area contributed by atoms with Gasteiger partial charge in [0.15, 0.2) is 0 Å². The van der Waals surface area contributed by atoms with Crippen LogP contribution in [0, 0.1) is 0 Å². The number of aromatic nitrogens is 1. The Morgan fingerprint density at radius 1 is 1.15 bits per heavy atom. The Labute approximate surface area is 154 Å². The summed E-state index contributed by atoms with van der Waals surface area (Å²) in [5.41, 5.74) is 2.17. The minimum Gasteiger partial charge on any atom is -0.362 e. The summed E-state index contributed by atoms with van der Waals surface area (Å²) in [5.74, 6) is 0.494. The fourth-order valence-corrected chi connectivity index (χ4v) is 3.04. The zero-order chi connectivity index (χ0) is 19.2. The zero-order valence-electron chi connectivity index (χ0n) is 15.2. The number of amides is 1. The van der Waals surface area contributed by atoms with Crippen molar-refractivity contribution in [2.45, 2.75) is 12.8 Å². The number of anilines is 2. The van der Waals surface area contributed by atoms with Crippen LogP contribution >= 0.6 is 0 Å². The average Bonchev–Trinajstić information content (AvgIpc) is 2.58.